The zero-order chi connectivity index (χ0) is 10.8. The van der Waals surface area contributed by atoms with E-state index in [9.17, 15) is 0 Å². The van der Waals surface area contributed by atoms with E-state index in [2.05, 4.69) is 19.9 Å². The van der Waals surface area contributed by atoms with Crippen LogP contribution in [0.5, 0.6) is 0 Å². The molecule has 0 aliphatic rings. The monoisotopic (exact) mass is 210 g/mol. The van der Waals surface area contributed by atoms with E-state index in [1.54, 1.807) is 12.5 Å². The molecule has 0 atom stereocenters. The molecule has 0 fully saturated rings. The van der Waals surface area contributed by atoms with Gasteiger partial charge in [0.2, 0.25) is 0 Å². The Morgan fingerprint density at radius 1 is 1.12 bits per heavy atom. The van der Waals surface area contributed by atoms with Gasteiger partial charge in [-0.05, 0) is 24.3 Å². The highest BCUT2D eigenvalue weighted by Crippen LogP contribution is 2.11. The van der Waals surface area contributed by atoms with E-state index in [4.69, 9.17) is 0 Å². The summed E-state index contributed by atoms with van der Waals surface area (Å²) in [4.78, 5) is 14.6. The molecule has 4 nitrogen and oxygen atoms in total. The van der Waals surface area contributed by atoms with Crippen LogP contribution in [0, 0.1) is 0 Å². The maximum absolute atomic E-state index is 4.44. The summed E-state index contributed by atoms with van der Waals surface area (Å²) in [5, 5.41) is 0. The molecule has 2 aromatic heterocycles. The first-order valence-electron chi connectivity index (χ1n) is 5.03. The average molecular weight is 210 g/mol. The predicted molar refractivity (Wildman–Crippen MR) is 63.6 cm³/mol. The van der Waals surface area contributed by atoms with E-state index in [1.807, 2.05) is 36.4 Å². The zero-order valence-corrected chi connectivity index (χ0v) is 8.51. The lowest BCUT2D eigenvalue weighted by Gasteiger charge is -1.83. The van der Waals surface area contributed by atoms with Crippen LogP contribution in [0.15, 0.2) is 36.8 Å². The molecule has 0 spiro atoms. The van der Waals surface area contributed by atoms with Gasteiger partial charge in [-0.1, -0.05) is 12.1 Å². The third-order valence-electron chi connectivity index (χ3n) is 2.35. The molecule has 1 aromatic carbocycles. The van der Waals surface area contributed by atoms with Crippen molar-refractivity contribution in [3.8, 4) is 0 Å². The zero-order valence-electron chi connectivity index (χ0n) is 8.51. The Bertz CT molecular complexity index is 586. The molecule has 3 aromatic rings. The molecule has 0 aliphatic carbocycles. The summed E-state index contributed by atoms with van der Waals surface area (Å²) < 4.78 is 0. The van der Waals surface area contributed by atoms with Gasteiger partial charge >= 0.3 is 0 Å². The second kappa shape index (κ2) is 3.66. The molecule has 0 bridgehead atoms. The van der Waals surface area contributed by atoms with Crippen molar-refractivity contribution in [2.75, 3.05) is 0 Å². The van der Waals surface area contributed by atoms with E-state index in [-0.39, 0.29) is 0 Å². The van der Waals surface area contributed by atoms with Crippen molar-refractivity contribution in [2.24, 2.45) is 0 Å². The van der Waals surface area contributed by atoms with Crippen LogP contribution in [-0.4, -0.2) is 19.9 Å². The van der Waals surface area contributed by atoms with Gasteiger partial charge in [0.15, 0.2) is 0 Å². The fourth-order valence-corrected chi connectivity index (χ4v) is 1.58. The first-order valence-corrected chi connectivity index (χ1v) is 5.03. The summed E-state index contributed by atoms with van der Waals surface area (Å²) in [6.45, 7) is 0. The van der Waals surface area contributed by atoms with Crippen LogP contribution in [0.4, 0.5) is 0 Å². The maximum atomic E-state index is 4.44. The van der Waals surface area contributed by atoms with Crippen LogP contribution in [-0.2, 0) is 0 Å². The van der Waals surface area contributed by atoms with Crippen LogP contribution >= 0.6 is 0 Å². The summed E-state index contributed by atoms with van der Waals surface area (Å²) in [5.74, 6) is 0.843. The van der Waals surface area contributed by atoms with Crippen LogP contribution < -0.4 is 0 Å². The molecule has 2 N–H and O–H groups in total. The Labute approximate surface area is 92.1 Å². The number of para-hydroxylation sites is 2. The van der Waals surface area contributed by atoms with E-state index >= 15 is 0 Å². The fourth-order valence-electron chi connectivity index (χ4n) is 1.58. The molecule has 78 valence electrons. The van der Waals surface area contributed by atoms with Crippen molar-refractivity contribution in [3.63, 3.8) is 0 Å². The van der Waals surface area contributed by atoms with Crippen LogP contribution in [0.25, 0.3) is 23.2 Å². The van der Waals surface area contributed by atoms with Crippen LogP contribution in [0.3, 0.4) is 0 Å². The number of H-pyrrole nitrogens is 2. The molecular formula is C12H10N4. The third-order valence-corrected chi connectivity index (χ3v) is 2.35. The van der Waals surface area contributed by atoms with Crippen molar-refractivity contribution in [1.29, 1.82) is 0 Å². The molecule has 3 rings (SSSR count). The van der Waals surface area contributed by atoms with Gasteiger partial charge in [0, 0.05) is 0 Å². The Morgan fingerprint density at radius 3 is 2.88 bits per heavy atom. The lowest BCUT2D eigenvalue weighted by Crippen LogP contribution is -1.74. The SMILES string of the molecule is C(=C\c1nc2ccccc2[nH]1)/c1cnc[nH]1. The highest BCUT2D eigenvalue weighted by atomic mass is 14.9. The maximum Gasteiger partial charge on any atom is 0.131 e. The van der Waals surface area contributed by atoms with Gasteiger partial charge in [0.05, 0.1) is 29.3 Å². The third kappa shape index (κ3) is 1.61. The smallest absolute Gasteiger partial charge is 0.131 e. The number of rotatable bonds is 2. The highest BCUT2D eigenvalue weighted by molar-refractivity contribution is 5.78. The molecule has 0 radical (unpaired) electrons. The number of nitrogens with zero attached hydrogens (tertiary/aromatic N) is 2. The van der Waals surface area contributed by atoms with Gasteiger partial charge in [-0.3, -0.25) is 0 Å². The lowest BCUT2D eigenvalue weighted by molar-refractivity contribution is 1.29. The molecule has 0 aliphatic heterocycles. The lowest BCUT2D eigenvalue weighted by atomic mass is 10.3. The summed E-state index contributed by atoms with van der Waals surface area (Å²) in [5.41, 5.74) is 2.99. The van der Waals surface area contributed by atoms with Crippen molar-refractivity contribution in [3.05, 3.63) is 48.3 Å². The van der Waals surface area contributed by atoms with Crippen LogP contribution in [0.1, 0.15) is 11.5 Å². The normalized spacial score (nSPS) is 11.5. The van der Waals surface area contributed by atoms with Gasteiger partial charge in [0.25, 0.3) is 0 Å². The van der Waals surface area contributed by atoms with Crippen LogP contribution in [0.2, 0.25) is 0 Å². The summed E-state index contributed by atoms with van der Waals surface area (Å²) >= 11 is 0. The first-order chi connectivity index (χ1) is 7.92. The predicted octanol–water partition coefficient (Wildman–Crippen LogP) is 2.46. The minimum atomic E-state index is 0.843. The summed E-state index contributed by atoms with van der Waals surface area (Å²) in [6.07, 6.45) is 7.27. The number of fused-ring (bicyclic) bond motifs is 1. The number of nitrogens with one attached hydrogen (secondary N) is 2. The number of aromatic amines is 2. The summed E-state index contributed by atoms with van der Waals surface area (Å²) in [7, 11) is 0. The topological polar surface area (TPSA) is 57.4 Å². The second-order valence-corrected chi connectivity index (χ2v) is 3.48. The van der Waals surface area contributed by atoms with Crippen molar-refractivity contribution >= 4 is 23.2 Å². The van der Waals surface area contributed by atoms with E-state index in [1.165, 1.54) is 0 Å². The number of benzene rings is 1. The number of imidazole rings is 2. The van der Waals surface area contributed by atoms with E-state index in [0.29, 0.717) is 0 Å². The second-order valence-electron chi connectivity index (χ2n) is 3.48. The minimum Gasteiger partial charge on any atom is -0.345 e. The molecule has 4 heteroatoms. The van der Waals surface area contributed by atoms with Gasteiger partial charge in [-0.2, -0.15) is 0 Å². The Hall–Kier alpha value is -2.36. The molecule has 0 unspecified atom stereocenters. The number of hydrogen-bond acceptors (Lipinski definition) is 2. The molecular weight excluding hydrogens is 200 g/mol. The Balaban J connectivity index is 1.95. The number of aromatic nitrogens is 4. The fraction of sp³-hybridized carbons (Fsp3) is 0. The highest BCUT2D eigenvalue weighted by Gasteiger charge is 1.97. The van der Waals surface area contributed by atoms with E-state index in [0.717, 1.165) is 22.6 Å². The standard InChI is InChI=1S/C12H10N4/c1-2-4-11-10(3-1)15-12(16-11)6-5-9-7-13-8-14-9/h1-8H,(H,13,14)(H,15,16)/b6-5+. The first kappa shape index (κ1) is 8.91. The van der Waals surface area contributed by atoms with Crippen molar-refractivity contribution in [1.82, 2.24) is 19.9 Å². The van der Waals surface area contributed by atoms with Gasteiger partial charge in [-0.25, -0.2) is 9.97 Å². The minimum absolute atomic E-state index is 0.843. The summed E-state index contributed by atoms with van der Waals surface area (Å²) in [6, 6.07) is 7.96. The number of hydrogen-bond donors (Lipinski definition) is 2. The van der Waals surface area contributed by atoms with Gasteiger partial charge in [0.1, 0.15) is 5.82 Å². The van der Waals surface area contributed by atoms with Gasteiger partial charge < -0.3 is 9.97 Å². The molecule has 0 saturated heterocycles. The van der Waals surface area contributed by atoms with Crippen molar-refractivity contribution in [2.45, 2.75) is 0 Å². The van der Waals surface area contributed by atoms with Crippen molar-refractivity contribution < 1.29 is 0 Å². The average Bonchev–Trinajstić information content (AvgIpc) is 2.95. The van der Waals surface area contributed by atoms with Gasteiger partial charge in [-0.15, -0.1) is 0 Å². The molecule has 16 heavy (non-hydrogen) atoms. The Morgan fingerprint density at radius 2 is 2.06 bits per heavy atom. The molecule has 0 amide bonds. The van der Waals surface area contributed by atoms with E-state index < -0.39 is 0 Å². The molecule has 0 saturated carbocycles. The quantitative estimate of drug-likeness (QED) is 0.682. The Kier molecular flexibility index (Phi) is 2.04. The molecule has 2 heterocycles. The largest absolute Gasteiger partial charge is 0.345 e.